The number of nitrogens with one attached hydrogen (secondary N) is 2. The molecule has 13 heteroatoms. The van der Waals surface area contributed by atoms with Gasteiger partial charge in [-0.15, -0.1) is 0 Å². The molecule has 0 spiro atoms. The van der Waals surface area contributed by atoms with Gasteiger partial charge < -0.3 is 10.6 Å². The quantitative estimate of drug-likeness (QED) is 0.160. The fourth-order valence-electron chi connectivity index (χ4n) is 2.82. The Labute approximate surface area is 196 Å². The molecule has 2 amide bonds. The van der Waals surface area contributed by atoms with Crippen LogP contribution in [0.5, 0.6) is 0 Å². The van der Waals surface area contributed by atoms with Gasteiger partial charge in [-0.05, 0) is 48.0 Å². The van der Waals surface area contributed by atoms with Crippen LogP contribution in [0.1, 0.15) is 5.56 Å². The van der Waals surface area contributed by atoms with Crippen molar-refractivity contribution in [3.63, 3.8) is 0 Å². The van der Waals surface area contributed by atoms with Gasteiger partial charge in [-0.1, -0.05) is 0 Å². The summed E-state index contributed by atoms with van der Waals surface area (Å²) < 4.78 is 0. The molecular weight excluding hydrogens is 462 g/mol. The molecule has 0 fully saturated rings. The van der Waals surface area contributed by atoms with E-state index in [1.165, 1.54) is 78.9 Å². The van der Waals surface area contributed by atoms with E-state index in [1.54, 1.807) is 0 Å². The maximum Gasteiger partial charge on any atom is 0.269 e. The van der Waals surface area contributed by atoms with Gasteiger partial charge in [0.25, 0.3) is 28.9 Å². The van der Waals surface area contributed by atoms with E-state index in [-0.39, 0.29) is 28.4 Å². The summed E-state index contributed by atoms with van der Waals surface area (Å²) in [6.45, 7) is 0. The molecule has 0 saturated carbocycles. The summed E-state index contributed by atoms with van der Waals surface area (Å²) in [7, 11) is 0. The lowest BCUT2D eigenvalue weighted by atomic mass is 10.1. The van der Waals surface area contributed by atoms with Crippen molar-refractivity contribution in [1.82, 2.24) is 0 Å². The van der Waals surface area contributed by atoms with Gasteiger partial charge in [0.2, 0.25) is 0 Å². The first-order valence-electron chi connectivity index (χ1n) is 9.72. The molecule has 0 aliphatic heterocycles. The number of nitro groups is 3. The minimum atomic E-state index is -0.864. The second kappa shape index (κ2) is 10.4. The summed E-state index contributed by atoms with van der Waals surface area (Å²) in [5, 5.41) is 37.4. The monoisotopic (exact) mass is 477 g/mol. The summed E-state index contributed by atoms with van der Waals surface area (Å²) in [4.78, 5) is 56.5. The Morgan fingerprint density at radius 3 is 1.20 bits per heavy atom. The first-order chi connectivity index (χ1) is 16.6. The number of rotatable bonds is 8. The van der Waals surface area contributed by atoms with E-state index in [2.05, 4.69) is 10.6 Å². The highest BCUT2D eigenvalue weighted by Crippen LogP contribution is 2.20. The van der Waals surface area contributed by atoms with Gasteiger partial charge in [0.1, 0.15) is 5.57 Å². The second-order valence-electron chi connectivity index (χ2n) is 6.92. The Hall–Kier alpha value is -5.46. The third-order valence-corrected chi connectivity index (χ3v) is 4.58. The number of amides is 2. The highest BCUT2D eigenvalue weighted by atomic mass is 16.6. The molecule has 0 heterocycles. The van der Waals surface area contributed by atoms with Gasteiger partial charge in [-0.25, -0.2) is 0 Å². The van der Waals surface area contributed by atoms with E-state index in [1.807, 2.05) is 0 Å². The van der Waals surface area contributed by atoms with Crippen LogP contribution in [0.15, 0.2) is 78.4 Å². The van der Waals surface area contributed by atoms with Crippen LogP contribution < -0.4 is 10.6 Å². The molecule has 0 saturated heterocycles. The van der Waals surface area contributed by atoms with Gasteiger partial charge in [0.05, 0.1) is 14.8 Å². The van der Waals surface area contributed by atoms with Gasteiger partial charge in [-0.2, -0.15) is 0 Å². The van der Waals surface area contributed by atoms with Crippen LogP contribution in [-0.4, -0.2) is 26.6 Å². The summed E-state index contributed by atoms with van der Waals surface area (Å²) in [6, 6.07) is 14.9. The van der Waals surface area contributed by atoms with Crippen LogP contribution in [0.25, 0.3) is 6.08 Å². The van der Waals surface area contributed by atoms with Crippen LogP contribution in [0.2, 0.25) is 0 Å². The molecule has 0 bridgehead atoms. The normalized spacial score (nSPS) is 10.1. The van der Waals surface area contributed by atoms with Crippen molar-refractivity contribution in [2.24, 2.45) is 0 Å². The fraction of sp³-hybridized carbons (Fsp3) is 0. The lowest BCUT2D eigenvalue weighted by molar-refractivity contribution is -0.385. The zero-order valence-corrected chi connectivity index (χ0v) is 17.6. The van der Waals surface area contributed by atoms with Gasteiger partial charge in [0.15, 0.2) is 0 Å². The number of carbonyl (C=O) groups excluding carboxylic acids is 2. The standard InChI is InChI=1S/C22H15N5O8/c28-21(23-15-3-9-18(10-4-15)26(32)33)20(13-14-1-7-17(8-2-14)25(30)31)22(29)24-16-5-11-19(12-6-16)27(34)35/h1-13H,(H,23,28)(H,24,29). The molecule has 2 N–H and O–H groups in total. The van der Waals surface area contributed by atoms with Gasteiger partial charge in [-0.3, -0.25) is 39.9 Å². The highest BCUT2D eigenvalue weighted by Gasteiger charge is 2.20. The smallest absolute Gasteiger partial charge is 0.269 e. The van der Waals surface area contributed by atoms with Crippen LogP contribution in [0, 0.1) is 30.3 Å². The molecule has 35 heavy (non-hydrogen) atoms. The number of nitrogens with zero attached hydrogens (tertiary/aromatic N) is 3. The van der Waals surface area contributed by atoms with Crippen molar-refractivity contribution in [3.8, 4) is 0 Å². The van der Waals surface area contributed by atoms with Crippen molar-refractivity contribution >= 4 is 46.3 Å². The molecule has 3 aromatic carbocycles. The summed E-state index contributed by atoms with van der Waals surface area (Å²) in [5.74, 6) is -1.73. The fourth-order valence-corrected chi connectivity index (χ4v) is 2.82. The minimum absolute atomic E-state index is 0.179. The van der Waals surface area contributed by atoms with E-state index in [9.17, 15) is 39.9 Å². The number of hydrogen-bond acceptors (Lipinski definition) is 8. The largest absolute Gasteiger partial charge is 0.322 e. The van der Waals surface area contributed by atoms with E-state index in [4.69, 9.17) is 0 Å². The number of benzene rings is 3. The van der Waals surface area contributed by atoms with Crippen LogP contribution in [-0.2, 0) is 9.59 Å². The first kappa shape index (κ1) is 24.2. The predicted molar refractivity (Wildman–Crippen MR) is 125 cm³/mol. The Morgan fingerprint density at radius 1 is 0.571 bits per heavy atom. The maximum atomic E-state index is 12.9. The van der Waals surface area contributed by atoms with Crippen molar-refractivity contribution in [2.75, 3.05) is 10.6 Å². The number of hydrogen-bond donors (Lipinski definition) is 2. The molecule has 0 atom stereocenters. The van der Waals surface area contributed by atoms with Crippen LogP contribution in [0.3, 0.4) is 0 Å². The number of carbonyl (C=O) groups is 2. The molecule has 176 valence electrons. The van der Waals surface area contributed by atoms with E-state index >= 15 is 0 Å². The first-order valence-corrected chi connectivity index (χ1v) is 9.72. The predicted octanol–water partition coefficient (Wildman–Crippen LogP) is 4.07. The van der Waals surface area contributed by atoms with Gasteiger partial charge in [0, 0.05) is 47.8 Å². The van der Waals surface area contributed by atoms with E-state index < -0.39 is 32.2 Å². The Balaban J connectivity index is 1.89. The average Bonchev–Trinajstić information content (AvgIpc) is 2.83. The van der Waals surface area contributed by atoms with Crippen LogP contribution >= 0.6 is 0 Å². The number of non-ortho nitro benzene ring substituents is 3. The minimum Gasteiger partial charge on any atom is -0.322 e. The Bertz CT molecular complexity index is 1260. The Morgan fingerprint density at radius 2 is 0.886 bits per heavy atom. The third kappa shape index (κ3) is 6.29. The third-order valence-electron chi connectivity index (χ3n) is 4.58. The van der Waals surface area contributed by atoms with Crippen molar-refractivity contribution < 1.29 is 24.4 Å². The van der Waals surface area contributed by atoms with Gasteiger partial charge >= 0.3 is 0 Å². The van der Waals surface area contributed by atoms with E-state index in [0.29, 0.717) is 5.56 Å². The highest BCUT2D eigenvalue weighted by molar-refractivity contribution is 6.28. The van der Waals surface area contributed by atoms with E-state index in [0.717, 1.165) is 0 Å². The molecule has 3 rings (SSSR count). The van der Waals surface area contributed by atoms with Crippen molar-refractivity contribution in [1.29, 1.82) is 0 Å². The second-order valence-corrected chi connectivity index (χ2v) is 6.92. The summed E-state index contributed by atoms with van der Waals surface area (Å²) >= 11 is 0. The zero-order chi connectivity index (χ0) is 25.5. The topological polar surface area (TPSA) is 188 Å². The lowest BCUT2D eigenvalue weighted by Gasteiger charge is -2.10. The van der Waals surface area contributed by atoms with Crippen molar-refractivity contribution in [3.05, 3.63) is 114 Å². The number of nitro benzene ring substituents is 3. The number of anilines is 2. The molecule has 13 nitrogen and oxygen atoms in total. The van der Waals surface area contributed by atoms with Crippen LogP contribution in [0.4, 0.5) is 28.4 Å². The Kier molecular flexibility index (Phi) is 7.21. The molecule has 0 aliphatic rings. The molecule has 0 unspecified atom stereocenters. The molecule has 0 aromatic heterocycles. The average molecular weight is 477 g/mol. The summed E-state index contributed by atoms with van der Waals surface area (Å²) in [6.07, 6.45) is 1.20. The lowest BCUT2D eigenvalue weighted by Crippen LogP contribution is -2.25. The van der Waals surface area contributed by atoms with Crippen molar-refractivity contribution in [2.45, 2.75) is 0 Å². The molecule has 0 radical (unpaired) electrons. The summed E-state index contributed by atoms with van der Waals surface area (Å²) in [5.41, 5.74) is -0.300. The SMILES string of the molecule is O=C(Nc1ccc([N+](=O)[O-])cc1)C(=Cc1ccc([N+](=O)[O-])cc1)C(=O)Nc1ccc([N+](=O)[O-])cc1. The molecule has 0 aliphatic carbocycles. The maximum absolute atomic E-state index is 12.9. The molecular formula is C22H15N5O8. The molecule has 3 aromatic rings. The zero-order valence-electron chi connectivity index (χ0n) is 17.6.